The number of carbonyl (C=O) groups is 2. The van der Waals surface area contributed by atoms with Crippen molar-refractivity contribution in [2.24, 2.45) is 5.14 Å². The number of urea groups is 1. The van der Waals surface area contributed by atoms with Crippen LogP contribution in [0.3, 0.4) is 0 Å². The van der Waals surface area contributed by atoms with E-state index >= 15 is 0 Å². The van der Waals surface area contributed by atoms with Crippen molar-refractivity contribution in [3.8, 4) is 0 Å². The van der Waals surface area contributed by atoms with Crippen molar-refractivity contribution < 1.29 is 18.0 Å². The van der Waals surface area contributed by atoms with Gasteiger partial charge in [-0.15, -0.1) is 0 Å². The number of nitrogens with one attached hydrogen (secondary N) is 2. The highest BCUT2D eigenvalue weighted by Gasteiger charge is 2.23. The van der Waals surface area contributed by atoms with Crippen molar-refractivity contribution in [2.75, 3.05) is 0 Å². The number of thioether (sulfide) groups is 1. The Morgan fingerprint density at radius 2 is 1.96 bits per heavy atom. The molecule has 11 heteroatoms. The molecule has 2 aromatic rings. The molecular formula is C17H25N5O4S2. The first-order valence-electron chi connectivity index (χ1n) is 8.64. The van der Waals surface area contributed by atoms with Crippen molar-refractivity contribution in [1.29, 1.82) is 0 Å². The smallest absolute Gasteiger partial charge is 0.321 e. The number of benzene rings is 1. The van der Waals surface area contributed by atoms with E-state index in [1.807, 2.05) is 32.3 Å². The fourth-order valence-electron chi connectivity index (χ4n) is 2.46. The van der Waals surface area contributed by atoms with Gasteiger partial charge < -0.3 is 9.88 Å². The standard InChI is InChI=1S/C17H25N5O4S2/c1-6-22-13-8-7-11(28(18,25)26)9-12(13)19-16(22)27-10(2)14(23)20-15(24)21-17(3,4)5/h7-10H,6H2,1-5H3,(H2,18,25,26)(H2,20,21,23,24)/t10-/m1/s1. The average molecular weight is 428 g/mol. The van der Waals surface area contributed by atoms with Gasteiger partial charge >= 0.3 is 6.03 Å². The summed E-state index contributed by atoms with van der Waals surface area (Å²) in [7, 11) is -3.83. The van der Waals surface area contributed by atoms with Crippen LogP contribution in [0.5, 0.6) is 0 Å². The number of hydrogen-bond acceptors (Lipinski definition) is 6. The second kappa shape index (κ2) is 8.10. The lowest BCUT2D eigenvalue weighted by molar-refractivity contribution is -0.119. The number of nitrogens with zero attached hydrogens (tertiary/aromatic N) is 2. The molecule has 0 aliphatic heterocycles. The van der Waals surface area contributed by atoms with Gasteiger partial charge in [-0.05, 0) is 52.8 Å². The van der Waals surface area contributed by atoms with Crippen molar-refractivity contribution in [3.63, 3.8) is 0 Å². The number of sulfonamides is 1. The third-order valence-corrected chi connectivity index (χ3v) is 5.71. The first-order valence-corrected chi connectivity index (χ1v) is 11.1. The maximum Gasteiger partial charge on any atom is 0.321 e. The van der Waals surface area contributed by atoms with Crippen LogP contribution in [-0.2, 0) is 21.4 Å². The number of aromatic nitrogens is 2. The van der Waals surface area contributed by atoms with Crippen LogP contribution in [0.15, 0.2) is 28.3 Å². The highest BCUT2D eigenvalue weighted by Crippen LogP contribution is 2.28. The molecule has 0 aliphatic rings. The molecule has 4 N–H and O–H groups in total. The Hall–Kier alpha value is -2.11. The highest BCUT2D eigenvalue weighted by molar-refractivity contribution is 8.00. The van der Waals surface area contributed by atoms with Gasteiger partial charge in [-0.2, -0.15) is 0 Å². The number of primary sulfonamides is 1. The zero-order chi connectivity index (χ0) is 21.3. The van der Waals surface area contributed by atoms with Crippen LogP contribution in [0.25, 0.3) is 11.0 Å². The number of carbonyl (C=O) groups excluding carboxylic acids is 2. The summed E-state index contributed by atoms with van der Waals surface area (Å²) in [6, 6.07) is 3.90. The third kappa shape index (κ3) is 5.46. The summed E-state index contributed by atoms with van der Waals surface area (Å²) in [4.78, 5) is 28.6. The molecular weight excluding hydrogens is 402 g/mol. The van der Waals surface area contributed by atoms with Gasteiger partial charge in [0.05, 0.1) is 21.2 Å². The minimum Gasteiger partial charge on any atom is -0.333 e. The molecule has 0 spiro atoms. The second-order valence-electron chi connectivity index (χ2n) is 7.29. The van der Waals surface area contributed by atoms with E-state index in [1.165, 1.54) is 23.9 Å². The summed E-state index contributed by atoms with van der Waals surface area (Å²) in [5.41, 5.74) is 0.738. The largest absolute Gasteiger partial charge is 0.333 e. The molecule has 1 aromatic carbocycles. The van der Waals surface area contributed by atoms with Gasteiger partial charge in [0.1, 0.15) is 0 Å². The third-order valence-electron chi connectivity index (χ3n) is 3.71. The molecule has 28 heavy (non-hydrogen) atoms. The fourth-order valence-corrected chi connectivity index (χ4v) is 3.98. The number of imide groups is 1. The summed E-state index contributed by atoms with van der Waals surface area (Å²) < 4.78 is 25.0. The molecule has 154 valence electrons. The molecule has 0 fully saturated rings. The Labute approximate surface area is 168 Å². The predicted molar refractivity (Wildman–Crippen MR) is 109 cm³/mol. The van der Waals surface area contributed by atoms with Crippen LogP contribution in [-0.4, -0.2) is 40.7 Å². The van der Waals surface area contributed by atoms with Crippen LogP contribution in [0.4, 0.5) is 4.79 Å². The first-order chi connectivity index (χ1) is 12.8. The van der Waals surface area contributed by atoms with E-state index in [0.717, 1.165) is 5.52 Å². The van der Waals surface area contributed by atoms with Crippen LogP contribution in [0.1, 0.15) is 34.6 Å². The molecule has 0 saturated heterocycles. The van der Waals surface area contributed by atoms with Crippen LogP contribution >= 0.6 is 11.8 Å². The lowest BCUT2D eigenvalue weighted by Crippen LogP contribution is -2.49. The van der Waals surface area contributed by atoms with Gasteiger partial charge in [-0.25, -0.2) is 23.3 Å². The minimum absolute atomic E-state index is 0.0260. The Bertz CT molecular complexity index is 1010. The molecule has 0 unspecified atom stereocenters. The van der Waals surface area contributed by atoms with E-state index in [4.69, 9.17) is 5.14 Å². The van der Waals surface area contributed by atoms with Gasteiger partial charge in [0, 0.05) is 12.1 Å². The number of imidazole rings is 1. The van der Waals surface area contributed by atoms with E-state index in [1.54, 1.807) is 13.0 Å². The number of rotatable bonds is 5. The molecule has 2 rings (SSSR count). The predicted octanol–water partition coefficient (Wildman–Crippen LogP) is 1.81. The zero-order valence-electron chi connectivity index (χ0n) is 16.4. The number of aryl methyl sites for hydroxylation is 1. The summed E-state index contributed by atoms with van der Waals surface area (Å²) in [5, 5.41) is 10.1. The molecule has 1 atom stereocenters. The molecule has 0 radical (unpaired) electrons. The maximum atomic E-state index is 12.3. The molecule has 0 bridgehead atoms. The van der Waals surface area contributed by atoms with Crippen molar-refractivity contribution in [2.45, 2.75) is 62.0 Å². The monoisotopic (exact) mass is 427 g/mol. The SMILES string of the molecule is CCn1c(S[C@H](C)C(=O)NC(=O)NC(C)(C)C)nc2cc(S(N)(=O)=O)ccc21. The van der Waals surface area contributed by atoms with Gasteiger partial charge in [-0.3, -0.25) is 10.1 Å². The van der Waals surface area contributed by atoms with E-state index < -0.39 is 32.8 Å². The lowest BCUT2D eigenvalue weighted by atomic mass is 10.1. The van der Waals surface area contributed by atoms with Crippen LogP contribution in [0.2, 0.25) is 0 Å². The summed E-state index contributed by atoms with van der Waals surface area (Å²) in [5.74, 6) is -0.452. The number of fused-ring (bicyclic) bond motifs is 1. The van der Waals surface area contributed by atoms with Crippen LogP contribution in [0, 0.1) is 0 Å². The molecule has 1 heterocycles. The Balaban J connectivity index is 2.22. The topological polar surface area (TPSA) is 136 Å². The normalized spacial score (nSPS) is 13.4. The fraction of sp³-hybridized carbons (Fsp3) is 0.471. The second-order valence-corrected chi connectivity index (χ2v) is 10.2. The van der Waals surface area contributed by atoms with E-state index in [0.29, 0.717) is 17.2 Å². The van der Waals surface area contributed by atoms with Gasteiger partial charge in [0.2, 0.25) is 15.9 Å². The van der Waals surface area contributed by atoms with E-state index in [9.17, 15) is 18.0 Å². The molecule has 0 saturated carbocycles. The molecule has 0 aliphatic carbocycles. The average Bonchev–Trinajstić information content (AvgIpc) is 2.87. The first kappa shape index (κ1) is 22.2. The van der Waals surface area contributed by atoms with E-state index in [-0.39, 0.29) is 4.90 Å². The van der Waals surface area contributed by atoms with Gasteiger partial charge in [-0.1, -0.05) is 11.8 Å². The number of nitrogens with two attached hydrogens (primary N) is 1. The van der Waals surface area contributed by atoms with Gasteiger partial charge in [0.25, 0.3) is 0 Å². The van der Waals surface area contributed by atoms with Crippen LogP contribution < -0.4 is 15.8 Å². The molecule has 1 aromatic heterocycles. The Morgan fingerprint density at radius 3 is 2.50 bits per heavy atom. The minimum atomic E-state index is -3.83. The molecule has 9 nitrogen and oxygen atoms in total. The Morgan fingerprint density at radius 1 is 1.32 bits per heavy atom. The number of amides is 3. The van der Waals surface area contributed by atoms with Crippen molar-refractivity contribution >= 4 is 44.8 Å². The molecule has 3 amide bonds. The summed E-state index contributed by atoms with van der Waals surface area (Å²) >= 11 is 1.18. The lowest BCUT2D eigenvalue weighted by Gasteiger charge is -2.21. The van der Waals surface area contributed by atoms with Crippen molar-refractivity contribution in [3.05, 3.63) is 18.2 Å². The van der Waals surface area contributed by atoms with Crippen molar-refractivity contribution in [1.82, 2.24) is 20.2 Å². The number of hydrogen-bond donors (Lipinski definition) is 3. The maximum absolute atomic E-state index is 12.3. The summed E-state index contributed by atoms with van der Waals surface area (Å²) in [6.45, 7) is 9.60. The van der Waals surface area contributed by atoms with E-state index in [2.05, 4.69) is 15.6 Å². The Kier molecular flexibility index (Phi) is 6.41. The van der Waals surface area contributed by atoms with Gasteiger partial charge in [0.15, 0.2) is 5.16 Å². The highest BCUT2D eigenvalue weighted by atomic mass is 32.2. The zero-order valence-corrected chi connectivity index (χ0v) is 18.1. The quantitative estimate of drug-likeness (QED) is 0.623. The summed E-state index contributed by atoms with van der Waals surface area (Å²) in [6.07, 6.45) is 0.